The second-order valence-electron chi connectivity index (χ2n) is 6.42. The van der Waals surface area contributed by atoms with Crippen molar-refractivity contribution >= 4 is 27.5 Å². The Labute approximate surface area is 175 Å². The number of carbonyl (C=O) groups is 2. The first-order valence-corrected chi connectivity index (χ1v) is 10.9. The van der Waals surface area contributed by atoms with Gasteiger partial charge in [-0.2, -0.15) is 4.31 Å². The normalized spacial score (nSPS) is 12.6. The van der Waals surface area contributed by atoms with Crippen molar-refractivity contribution in [2.24, 2.45) is 0 Å². The third-order valence-electron chi connectivity index (χ3n) is 4.51. The van der Waals surface area contributed by atoms with Gasteiger partial charge in [0.15, 0.2) is 11.5 Å². The SMILES string of the molecule is CCN(CC)S(=O)(=O)c1cccc(C(=O)NCC(=O)Nc2ccc3c(c2)OCO3)c1. The van der Waals surface area contributed by atoms with Crippen LogP contribution in [0.5, 0.6) is 11.5 Å². The number of carbonyl (C=O) groups excluding carboxylic acids is 2. The second kappa shape index (κ2) is 9.14. The van der Waals surface area contributed by atoms with Crippen LogP contribution in [0, 0.1) is 0 Å². The van der Waals surface area contributed by atoms with Gasteiger partial charge in [0, 0.05) is 30.4 Å². The van der Waals surface area contributed by atoms with Gasteiger partial charge in [0.1, 0.15) is 0 Å². The maximum Gasteiger partial charge on any atom is 0.251 e. The summed E-state index contributed by atoms with van der Waals surface area (Å²) in [6.07, 6.45) is 0. The van der Waals surface area contributed by atoms with Gasteiger partial charge in [0.2, 0.25) is 22.7 Å². The summed E-state index contributed by atoms with van der Waals surface area (Å²) in [6, 6.07) is 10.7. The number of anilines is 1. The molecule has 0 bridgehead atoms. The lowest BCUT2D eigenvalue weighted by atomic mass is 10.2. The Kier molecular flexibility index (Phi) is 6.58. The molecule has 3 rings (SSSR count). The van der Waals surface area contributed by atoms with Gasteiger partial charge in [0.05, 0.1) is 11.4 Å². The van der Waals surface area contributed by atoms with Crippen molar-refractivity contribution in [2.75, 3.05) is 31.7 Å². The van der Waals surface area contributed by atoms with Gasteiger partial charge >= 0.3 is 0 Å². The molecule has 0 unspecified atom stereocenters. The minimum absolute atomic E-state index is 0.0312. The summed E-state index contributed by atoms with van der Waals surface area (Å²) in [6.45, 7) is 4.00. The predicted molar refractivity (Wildman–Crippen MR) is 110 cm³/mol. The molecule has 0 atom stereocenters. The maximum absolute atomic E-state index is 12.6. The molecule has 0 aromatic heterocycles. The van der Waals surface area contributed by atoms with E-state index in [-0.39, 0.29) is 23.8 Å². The number of ether oxygens (including phenoxy) is 2. The molecule has 0 spiro atoms. The number of hydrogen-bond acceptors (Lipinski definition) is 6. The van der Waals surface area contributed by atoms with Crippen LogP contribution in [0.1, 0.15) is 24.2 Å². The Balaban J connectivity index is 1.61. The van der Waals surface area contributed by atoms with Crippen molar-refractivity contribution in [3.8, 4) is 11.5 Å². The molecule has 0 aliphatic carbocycles. The average molecular weight is 433 g/mol. The highest BCUT2D eigenvalue weighted by molar-refractivity contribution is 7.89. The van der Waals surface area contributed by atoms with E-state index in [1.165, 1.54) is 28.6 Å². The Morgan fingerprint density at radius 2 is 1.77 bits per heavy atom. The van der Waals surface area contributed by atoms with Gasteiger partial charge in [-0.1, -0.05) is 19.9 Å². The van der Waals surface area contributed by atoms with Crippen LogP contribution >= 0.6 is 0 Å². The highest BCUT2D eigenvalue weighted by Gasteiger charge is 2.22. The zero-order valence-electron chi connectivity index (χ0n) is 16.7. The summed E-state index contributed by atoms with van der Waals surface area (Å²) in [5.41, 5.74) is 0.657. The molecule has 1 aliphatic heterocycles. The number of amides is 2. The molecular formula is C20H23N3O6S. The lowest BCUT2D eigenvalue weighted by Gasteiger charge is -2.18. The summed E-state index contributed by atoms with van der Waals surface area (Å²) < 4.78 is 37.0. The highest BCUT2D eigenvalue weighted by atomic mass is 32.2. The fraction of sp³-hybridized carbons (Fsp3) is 0.300. The number of rotatable bonds is 8. The number of nitrogens with one attached hydrogen (secondary N) is 2. The molecule has 2 amide bonds. The van der Waals surface area contributed by atoms with Gasteiger partial charge in [-0.15, -0.1) is 0 Å². The number of sulfonamides is 1. The molecule has 10 heteroatoms. The third-order valence-corrected chi connectivity index (χ3v) is 6.55. The van der Waals surface area contributed by atoms with Crippen LogP contribution in [0.2, 0.25) is 0 Å². The number of nitrogens with zero attached hydrogens (tertiary/aromatic N) is 1. The van der Waals surface area contributed by atoms with E-state index in [0.29, 0.717) is 30.3 Å². The minimum atomic E-state index is -3.68. The first-order chi connectivity index (χ1) is 14.3. The summed E-state index contributed by atoms with van der Waals surface area (Å²) in [4.78, 5) is 24.6. The van der Waals surface area contributed by atoms with Crippen LogP contribution in [0.25, 0.3) is 0 Å². The Morgan fingerprint density at radius 1 is 1.03 bits per heavy atom. The fourth-order valence-corrected chi connectivity index (χ4v) is 4.46. The van der Waals surface area contributed by atoms with Gasteiger partial charge < -0.3 is 20.1 Å². The molecule has 160 valence electrons. The molecule has 30 heavy (non-hydrogen) atoms. The van der Waals surface area contributed by atoms with Crippen LogP contribution < -0.4 is 20.1 Å². The topological polar surface area (TPSA) is 114 Å². The number of fused-ring (bicyclic) bond motifs is 1. The monoisotopic (exact) mass is 433 g/mol. The Hall–Kier alpha value is -3.11. The lowest BCUT2D eigenvalue weighted by molar-refractivity contribution is -0.115. The van der Waals surface area contributed by atoms with Gasteiger partial charge in [-0.25, -0.2) is 8.42 Å². The summed E-state index contributed by atoms with van der Waals surface area (Å²) >= 11 is 0. The van der Waals surface area contributed by atoms with Crippen molar-refractivity contribution in [1.29, 1.82) is 0 Å². The zero-order chi connectivity index (χ0) is 21.7. The fourth-order valence-electron chi connectivity index (χ4n) is 2.95. The number of benzene rings is 2. The van der Waals surface area contributed by atoms with E-state index < -0.39 is 21.8 Å². The quantitative estimate of drug-likeness (QED) is 0.656. The Bertz CT molecular complexity index is 1050. The zero-order valence-corrected chi connectivity index (χ0v) is 17.5. The summed E-state index contributed by atoms with van der Waals surface area (Å²) in [5.74, 6) is 0.144. The van der Waals surface area contributed by atoms with E-state index >= 15 is 0 Å². The summed E-state index contributed by atoms with van der Waals surface area (Å²) in [5, 5.41) is 5.14. The first-order valence-electron chi connectivity index (χ1n) is 9.43. The standard InChI is InChI=1S/C20H23N3O6S/c1-3-23(4-2)30(26,27)16-7-5-6-14(10-16)20(25)21-12-19(24)22-15-8-9-17-18(11-15)29-13-28-17/h5-11H,3-4,12-13H2,1-2H3,(H,21,25)(H,22,24). The molecule has 9 nitrogen and oxygen atoms in total. The molecule has 2 N–H and O–H groups in total. The Morgan fingerprint density at radius 3 is 2.50 bits per heavy atom. The van der Waals surface area contributed by atoms with E-state index in [4.69, 9.17) is 9.47 Å². The van der Waals surface area contributed by atoms with Crippen molar-refractivity contribution in [3.63, 3.8) is 0 Å². The summed E-state index contributed by atoms with van der Waals surface area (Å²) in [7, 11) is -3.68. The molecule has 1 heterocycles. The third kappa shape index (κ3) is 4.71. The van der Waals surface area contributed by atoms with Crippen LogP contribution in [-0.4, -0.2) is 51.0 Å². The second-order valence-corrected chi connectivity index (χ2v) is 8.35. The van der Waals surface area contributed by atoms with Crippen molar-refractivity contribution in [3.05, 3.63) is 48.0 Å². The van der Waals surface area contributed by atoms with Crippen LogP contribution in [0.15, 0.2) is 47.4 Å². The van der Waals surface area contributed by atoms with Gasteiger partial charge in [-0.3, -0.25) is 9.59 Å². The number of hydrogen-bond donors (Lipinski definition) is 2. The molecule has 2 aromatic carbocycles. The van der Waals surface area contributed by atoms with E-state index in [9.17, 15) is 18.0 Å². The molecule has 0 saturated carbocycles. The van der Waals surface area contributed by atoms with E-state index in [1.54, 1.807) is 32.0 Å². The predicted octanol–water partition coefficient (Wildman–Crippen LogP) is 1.81. The van der Waals surface area contributed by atoms with Gasteiger partial charge in [0.25, 0.3) is 5.91 Å². The van der Waals surface area contributed by atoms with Crippen molar-refractivity contribution in [2.45, 2.75) is 18.7 Å². The molecule has 0 radical (unpaired) electrons. The van der Waals surface area contributed by atoms with Crippen molar-refractivity contribution < 1.29 is 27.5 Å². The van der Waals surface area contributed by atoms with Crippen LogP contribution in [0.4, 0.5) is 5.69 Å². The largest absolute Gasteiger partial charge is 0.454 e. The highest BCUT2D eigenvalue weighted by Crippen LogP contribution is 2.34. The lowest BCUT2D eigenvalue weighted by Crippen LogP contribution is -2.33. The molecular weight excluding hydrogens is 410 g/mol. The molecule has 2 aromatic rings. The van der Waals surface area contributed by atoms with Crippen molar-refractivity contribution in [1.82, 2.24) is 9.62 Å². The van der Waals surface area contributed by atoms with Gasteiger partial charge in [-0.05, 0) is 30.3 Å². The molecule has 0 saturated heterocycles. The van der Waals surface area contributed by atoms with Crippen LogP contribution in [-0.2, 0) is 14.8 Å². The minimum Gasteiger partial charge on any atom is -0.454 e. The van der Waals surface area contributed by atoms with E-state index in [0.717, 1.165) is 0 Å². The van der Waals surface area contributed by atoms with Crippen LogP contribution in [0.3, 0.4) is 0 Å². The maximum atomic E-state index is 12.6. The van der Waals surface area contributed by atoms with E-state index in [1.807, 2.05) is 0 Å². The first kappa shape index (κ1) is 21.6. The van der Waals surface area contributed by atoms with E-state index in [2.05, 4.69) is 10.6 Å². The molecule has 1 aliphatic rings. The molecule has 0 fully saturated rings. The smallest absolute Gasteiger partial charge is 0.251 e. The average Bonchev–Trinajstić information content (AvgIpc) is 3.20.